The molecule has 9 rings (SSSR count). The number of hydrogen-bond acceptors (Lipinski definition) is 14. The van der Waals surface area contributed by atoms with Crippen LogP contribution in [0.1, 0.15) is 122 Å². The summed E-state index contributed by atoms with van der Waals surface area (Å²) < 4.78 is 24.3. The number of imide groups is 1. The van der Waals surface area contributed by atoms with Gasteiger partial charge in [-0.15, -0.1) is 5.92 Å². The molecule has 9 fully saturated rings. The van der Waals surface area contributed by atoms with Crippen LogP contribution in [0.4, 0.5) is 4.79 Å². The van der Waals surface area contributed by atoms with Crippen LogP contribution >= 0.6 is 0 Å². The molecule has 4 saturated carbocycles. The van der Waals surface area contributed by atoms with Gasteiger partial charge in [-0.05, 0) is 114 Å². The van der Waals surface area contributed by atoms with Crippen molar-refractivity contribution in [2.24, 2.45) is 40.9 Å². The topological polar surface area (TPSA) is 183 Å². The van der Waals surface area contributed by atoms with Gasteiger partial charge >= 0.3 is 12.1 Å². The van der Waals surface area contributed by atoms with Crippen LogP contribution in [-0.2, 0) is 33.3 Å². The highest BCUT2D eigenvalue weighted by atomic mass is 16.6. The number of carbonyl (C=O) groups is 4. The Kier molecular flexibility index (Phi) is 16.5. The average Bonchev–Trinajstić information content (AvgIpc) is 3.83. The Balaban J connectivity index is 1.21. The van der Waals surface area contributed by atoms with Gasteiger partial charge in [0.2, 0.25) is 11.8 Å². The van der Waals surface area contributed by atoms with Crippen molar-refractivity contribution in [3.63, 3.8) is 0 Å². The summed E-state index contributed by atoms with van der Waals surface area (Å²) >= 11 is 0. The van der Waals surface area contributed by atoms with Gasteiger partial charge in [0.05, 0.1) is 49.9 Å². The smallest absolute Gasteiger partial charge is 0.416 e. The van der Waals surface area contributed by atoms with Gasteiger partial charge in [-0.3, -0.25) is 34.8 Å². The number of rotatable bonds is 12. The molecule has 0 aromatic heterocycles. The molecule has 3 amide bonds. The summed E-state index contributed by atoms with van der Waals surface area (Å²) in [6, 6.07) is -2.26. The van der Waals surface area contributed by atoms with E-state index in [0.29, 0.717) is 51.9 Å². The lowest BCUT2D eigenvalue weighted by Crippen LogP contribution is -2.66. The van der Waals surface area contributed by atoms with Crippen molar-refractivity contribution in [1.29, 1.82) is 0 Å². The zero-order valence-electron chi connectivity index (χ0n) is 40.2. The fourth-order valence-electron chi connectivity index (χ4n) is 15.1. The van der Waals surface area contributed by atoms with E-state index in [-0.39, 0.29) is 93.1 Å². The Morgan fingerprint density at radius 1 is 0.791 bits per heavy atom. The number of morpholine rings is 1. The lowest BCUT2D eigenvalue weighted by molar-refractivity contribution is -0.191. The fraction of sp³-hybridized carbons (Fsp3) is 0.882. The Morgan fingerprint density at radius 3 is 2.16 bits per heavy atom. The summed E-state index contributed by atoms with van der Waals surface area (Å²) in [7, 11) is 1.54. The van der Waals surface area contributed by atoms with E-state index in [2.05, 4.69) is 32.3 Å². The van der Waals surface area contributed by atoms with Crippen LogP contribution in [0.3, 0.4) is 0 Å². The fourth-order valence-corrected chi connectivity index (χ4v) is 15.1. The van der Waals surface area contributed by atoms with Crippen LogP contribution in [0.5, 0.6) is 0 Å². The lowest BCUT2D eigenvalue weighted by Gasteiger charge is -2.54. The summed E-state index contributed by atoms with van der Waals surface area (Å²) in [5.74, 6) is 4.30. The number of amides is 3. The highest BCUT2D eigenvalue weighted by molar-refractivity contribution is 6.04. The van der Waals surface area contributed by atoms with Crippen molar-refractivity contribution in [1.82, 2.24) is 30.2 Å². The monoisotopic (exact) mass is 937 g/mol. The Hall–Kier alpha value is -2.88. The Morgan fingerprint density at radius 2 is 1.49 bits per heavy atom. The first kappa shape index (κ1) is 49.1. The summed E-state index contributed by atoms with van der Waals surface area (Å²) in [4.78, 5) is 71.5. The first-order valence-corrected chi connectivity index (χ1v) is 26.6. The molecule has 0 radical (unpaired) electrons. The number of aliphatic hydroxyl groups excluding tert-OH is 2. The van der Waals surface area contributed by atoms with E-state index >= 15 is 14.4 Å². The van der Waals surface area contributed by atoms with Crippen LogP contribution < -0.4 is 10.6 Å². The zero-order chi connectivity index (χ0) is 46.5. The average molecular weight is 937 g/mol. The van der Waals surface area contributed by atoms with Gasteiger partial charge in [0, 0.05) is 57.7 Å². The molecule has 4 N–H and O–H groups in total. The molecule has 3 unspecified atom stereocenters. The molecule has 1 spiro atoms. The van der Waals surface area contributed by atoms with E-state index in [4.69, 9.17) is 18.9 Å². The Labute approximate surface area is 398 Å². The third-order valence-corrected chi connectivity index (χ3v) is 17.9. The molecular weight excluding hydrogens is 857 g/mol. The molecule has 5 saturated heterocycles. The predicted octanol–water partition coefficient (Wildman–Crippen LogP) is 3.47. The van der Waals surface area contributed by atoms with Crippen LogP contribution in [0.25, 0.3) is 0 Å². The second kappa shape index (κ2) is 22.5. The van der Waals surface area contributed by atoms with Crippen LogP contribution in [0.15, 0.2) is 0 Å². The van der Waals surface area contributed by atoms with Crippen LogP contribution in [0.2, 0.25) is 0 Å². The highest BCUT2D eigenvalue weighted by Gasteiger charge is 2.80. The van der Waals surface area contributed by atoms with Gasteiger partial charge in [0.15, 0.2) is 0 Å². The van der Waals surface area contributed by atoms with Gasteiger partial charge in [0.25, 0.3) is 0 Å². The van der Waals surface area contributed by atoms with Crippen molar-refractivity contribution >= 4 is 23.9 Å². The number of carbonyl (C=O) groups excluding carboxylic acids is 4. The number of piperazine rings is 1. The third kappa shape index (κ3) is 9.67. The maximum atomic E-state index is 16.7. The van der Waals surface area contributed by atoms with E-state index in [9.17, 15) is 15.0 Å². The second-order valence-electron chi connectivity index (χ2n) is 21.4. The third-order valence-electron chi connectivity index (χ3n) is 17.9. The minimum atomic E-state index is -1.47. The predicted molar refractivity (Wildman–Crippen MR) is 248 cm³/mol. The molecule has 5 aliphatic heterocycles. The maximum absolute atomic E-state index is 16.7. The molecule has 67 heavy (non-hydrogen) atoms. The van der Waals surface area contributed by atoms with E-state index < -0.39 is 47.4 Å². The number of esters is 1. The number of methoxy groups -OCH3 is 1. The summed E-state index contributed by atoms with van der Waals surface area (Å²) in [5, 5.41) is 26.6. The van der Waals surface area contributed by atoms with Gasteiger partial charge < -0.3 is 34.1 Å². The highest BCUT2D eigenvalue weighted by Crippen LogP contribution is 2.66. The number of nitrogens with zero attached hydrogens (tertiary/aromatic N) is 4. The number of fused-ring (bicyclic) bond motifs is 3. The van der Waals surface area contributed by atoms with E-state index in [1.165, 1.54) is 4.90 Å². The van der Waals surface area contributed by atoms with Crippen LogP contribution in [0, 0.1) is 52.8 Å². The zero-order valence-corrected chi connectivity index (χ0v) is 40.2. The number of cyclic esters (lactones) is 1. The number of aliphatic hydroxyl groups is 2. The molecule has 16 heteroatoms. The summed E-state index contributed by atoms with van der Waals surface area (Å²) in [5.41, 5.74) is -1.47. The maximum Gasteiger partial charge on any atom is 0.416 e. The van der Waals surface area contributed by atoms with E-state index in [0.717, 1.165) is 109 Å². The van der Waals surface area contributed by atoms with Gasteiger partial charge in [-0.25, -0.2) is 9.69 Å². The number of hydrogen-bond donors (Lipinski definition) is 4. The van der Waals surface area contributed by atoms with Crippen molar-refractivity contribution in [3.8, 4) is 11.8 Å². The SMILES string of the molecule is COCCOC(=O)N1C(=O)[C@@]2(C3CC(C#CCCO)CCC31)[C@H](C(=O)N1CCN(C3NCCCN3)CC1)[C@H]1C(=O)O[C@H](C3CCCCC3)[C@H](C3CCCCC3)N1[C@@H]2C1CCC(OCCO)CC1. The number of nitrogens with one attached hydrogen (secondary N) is 2. The molecule has 374 valence electrons. The summed E-state index contributed by atoms with van der Waals surface area (Å²) in [6.07, 6.45) is 15.4. The lowest BCUT2D eigenvalue weighted by atomic mass is 9.55. The molecule has 0 bridgehead atoms. The number of likely N-dealkylation sites (tertiary alicyclic amines) is 1. The van der Waals surface area contributed by atoms with E-state index in [1.807, 2.05) is 4.90 Å². The van der Waals surface area contributed by atoms with Gasteiger partial charge in [0.1, 0.15) is 25.0 Å². The second-order valence-corrected chi connectivity index (χ2v) is 21.4. The summed E-state index contributed by atoms with van der Waals surface area (Å²) in [6.45, 7) is 4.29. The van der Waals surface area contributed by atoms with E-state index in [1.54, 1.807) is 7.11 Å². The molecule has 9 aliphatic rings. The first-order chi connectivity index (χ1) is 32.8. The molecule has 0 aromatic rings. The van der Waals surface area contributed by atoms with Crippen LogP contribution in [-0.4, -0.2) is 176 Å². The van der Waals surface area contributed by atoms with Crippen molar-refractivity contribution < 1.29 is 48.3 Å². The minimum Gasteiger partial charge on any atom is -0.459 e. The quantitative estimate of drug-likeness (QED) is 0.127. The van der Waals surface area contributed by atoms with Crippen molar-refractivity contribution in [2.45, 2.75) is 165 Å². The molecule has 16 nitrogen and oxygen atoms in total. The first-order valence-electron chi connectivity index (χ1n) is 26.6. The normalized spacial score (nSPS) is 37.2. The Bertz CT molecular complexity index is 1760. The minimum absolute atomic E-state index is 0.0161. The van der Waals surface area contributed by atoms with Gasteiger partial charge in [-0.2, -0.15) is 0 Å². The van der Waals surface area contributed by atoms with Crippen molar-refractivity contribution in [2.75, 3.05) is 79.4 Å². The standard InChI is InChI=1S/C51H80N6O10/c1-64-31-32-66-50(63)56-40-21-16-34(11-8-9-28-58)33-39(40)51(48(56)62)41(46(60)54-24-26-55(27-25-54)49-52-22-10-23-53-49)43-47(61)67-44(36-14-6-3-7-15-36)42(35-12-4-2-5-13-35)57(43)45(51)37-17-19-38(20-18-37)65-30-29-59/h34-45,49,52-53,58-59H,2-7,9-10,12-33H2,1H3/t34?,37?,38?,39?,40?,41-,42-,43-,44+,45+,51-/m0/s1. The molecule has 9 atom stereocenters. The van der Waals surface area contributed by atoms with Crippen molar-refractivity contribution in [3.05, 3.63) is 0 Å². The van der Waals surface area contributed by atoms with Gasteiger partial charge in [-0.1, -0.05) is 44.4 Å². The largest absolute Gasteiger partial charge is 0.459 e. The molecule has 0 aromatic carbocycles. The molecule has 4 aliphatic carbocycles. The number of ether oxygens (including phenoxy) is 4. The molecular formula is C51H80N6O10. The molecule has 5 heterocycles.